The maximum atomic E-state index is 11.9. The van der Waals surface area contributed by atoms with Crippen LogP contribution in [0.2, 0.25) is 0 Å². The molecule has 0 aliphatic rings. The van der Waals surface area contributed by atoms with Crippen molar-refractivity contribution in [3.05, 3.63) is 41.1 Å². The molecular weight excluding hydrogens is 338 g/mol. The predicted molar refractivity (Wildman–Crippen MR) is 82.6 cm³/mol. The van der Waals surface area contributed by atoms with Crippen LogP contribution in [0.15, 0.2) is 41.1 Å². The number of carbonyl (C=O) groups excluding carboxylic acids is 1. The minimum Gasteiger partial charge on any atom is -0.382 e. The van der Waals surface area contributed by atoms with E-state index < -0.39 is 0 Å². The second-order valence-corrected chi connectivity index (χ2v) is 5.12. The second-order valence-electron chi connectivity index (χ2n) is 4.21. The van der Waals surface area contributed by atoms with Gasteiger partial charge in [-0.25, -0.2) is 4.68 Å². The number of nitrogens with zero attached hydrogens (tertiary/aromatic N) is 2. The summed E-state index contributed by atoms with van der Waals surface area (Å²) in [5, 5.41) is 6.99. The van der Waals surface area contributed by atoms with E-state index in [2.05, 4.69) is 26.3 Å². The van der Waals surface area contributed by atoms with Gasteiger partial charge in [0.05, 0.1) is 24.6 Å². The molecule has 0 radical (unpaired) electrons. The molecule has 21 heavy (non-hydrogen) atoms. The number of carbonyl (C=O) groups is 1. The molecule has 1 amide bonds. The molecule has 0 atom stereocenters. The summed E-state index contributed by atoms with van der Waals surface area (Å²) in [5.41, 5.74) is 1.45. The lowest BCUT2D eigenvalue weighted by Crippen LogP contribution is -2.20. The van der Waals surface area contributed by atoms with Crippen molar-refractivity contribution in [2.24, 2.45) is 0 Å². The maximum Gasteiger partial charge on any atom is 0.250 e. The molecule has 6 nitrogen and oxygen atoms in total. The van der Waals surface area contributed by atoms with Crippen molar-refractivity contribution in [1.82, 2.24) is 9.78 Å². The van der Waals surface area contributed by atoms with E-state index in [0.717, 1.165) is 10.2 Å². The lowest BCUT2D eigenvalue weighted by Gasteiger charge is -2.12. The van der Waals surface area contributed by atoms with E-state index in [1.807, 2.05) is 30.5 Å². The van der Waals surface area contributed by atoms with Crippen molar-refractivity contribution < 1.29 is 14.3 Å². The summed E-state index contributed by atoms with van der Waals surface area (Å²) < 4.78 is 12.6. The molecule has 0 bridgehead atoms. The summed E-state index contributed by atoms with van der Waals surface area (Å²) in [6.45, 7) is 0.825. The van der Waals surface area contributed by atoms with Gasteiger partial charge in [0.2, 0.25) is 5.91 Å². The molecule has 0 unspecified atom stereocenters. The third-order valence-corrected chi connectivity index (χ3v) is 3.14. The van der Waals surface area contributed by atoms with E-state index >= 15 is 0 Å². The Hall–Kier alpha value is -1.70. The fourth-order valence-corrected chi connectivity index (χ4v) is 2.07. The van der Waals surface area contributed by atoms with Crippen LogP contribution in [0.1, 0.15) is 0 Å². The number of ether oxygens (including phenoxy) is 2. The van der Waals surface area contributed by atoms with Crippen LogP contribution in [-0.2, 0) is 14.3 Å². The number of aromatic nitrogens is 2. The number of hydrogen-bond acceptors (Lipinski definition) is 4. The number of nitrogens with one attached hydrogen (secondary N) is 1. The Bertz CT molecular complexity index is 587. The van der Waals surface area contributed by atoms with Gasteiger partial charge in [-0.15, -0.1) is 0 Å². The summed E-state index contributed by atoms with van der Waals surface area (Å²) in [6, 6.07) is 7.41. The Morgan fingerprint density at radius 1 is 1.43 bits per heavy atom. The van der Waals surface area contributed by atoms with Crippen LogP contribution in [0, 0.1) is 0 Å². The first-order valence-corrected chi connectivity index (χ1v) is 7.16. The van der Waals surface area contributed by atoms with Gasteiger partial charge in [-0.2, -0.15) is 5.10 Å². The van der Waals surface area contributed by atoms with E-state index in [1.54, 1.807) is 18.0 Å². The van der Waals surface area contributed by atoms with E-state index in [4.69, 9.17) is 9.47 Å². The highest BCUT2D eigenvalue weighted by molar-refractivity contribution is 9.10. The molecule has 0 aliphatic heterocycles. The van der Waals surface area contributed by atoms with Crippen LogP contribution in [-0.4, -0.2) is 42.6 Å². The van der Waals surface area contributed by atoms with E-state index in [9.17, 15) is 4.79 Å². The predicted octanol–water partition coefficient (Wildman–Crippen LogP) is 2.24. The average Bonchev–Trinajstić information content (AvgIpc) is 2.98. The number of halogens is 1. The van der Waals surface area contributed by atoms with E-state index in [0.29, 0.717) is 18.9 Å². The fourth-order valence-electron chi connectivity index (χ4n) is 1.71. The molecule has 2 aromatic rings. The van der Waals surface area contributed by atoms with Crippen molar-refractivity contribution >= 4 is 27.5 Å². The Kier molecular flexibility index (Phi) is 5.91. The number of methoxy groups -OCH3 is 1. The van der Waals surface area contributed by atoms with Crippen LogP contribution >= 0.6 is 15.9 Å². The molecule has 0 saturated heterocycles. The van der Waals surface area contributed by atoms with Crippen LogP contribution in [0.4, 0.5) is 5.69 Å². The zero-order valence-corrected chi connectivity index (χ0v) is 13.2. The molecule has 7 heteroatoms. The van der Waals surface area contributed by atoms with Gasteiger partial charge < -0.3 is 14.8 Å². The van der Waals surface area contributed by atoms with Gasteiger partial charge in [-0.3, -0.25) is 4.79 Å². The van der Waals surface area contributed by atoms with Crippen molar-refractivity contribution in [3.8, 4) is 5.69 Å². The highest BCUT2D eigenvalue weighted by Crippen LogP contribution is 2.24. The van der Waals surface area contributed by atoms with Gasteiger partial charge in [0.25, 0.3) is 0 Å². The Morgan fingerprint density at radius 3 is 3.00 bits per heavy atom. The normalized spacial score (nSPS) is 10.6. The quantitative estimate of drug-likeness (QED) is 0.775. The first kappa shape index (κ1) is 15.7. The standard InChI is InChI=1S/C14H16BrN3O3/c1-20-7-8-21-10-14(19)17-12-9-11(15)3-4-13(12)18-6-2-5-16-18/h2-6,9H,7-8,10H2,1H3,(H,17,19). The first-order valence-electron chi connectivity index (χ1n) is 6.37. The van der Waals surface area contributed by atoms with Crippen LogP contribution in [0.3, 0.4) is 0 Å². The second kappa shape index (κ2) is 7.92. The molecule has 1 aromatic heterocycles. The lowest BCUT2D eigenvalue weighted by molar-refractivity contribution is -0.121. The van der Waals surface area contributed by atoms with Gasteiger partial charge in [0.15, 0.2) is 0 Å². The van der Waals surface area contributed by atoms with Crippen LogP contribution in [0.5, 0.6) is 0 Å². The molecule has 1 heterocycles. The van der Waals surface area contributed by atoms with Gasteiger partial charge in [0, 0.05) is 24.0 Å². The SMILES string of the molecule is COCCOCC(=O)Nc1cc(Br)ccc1-n1cccn1. The fraction of sp³-hybridized carbons (Fsp3) is 0.286. The van der Waals surface area contributed by atoms with Crippen molar-refractivity contribution in [1.29, 1.82) is 0 Å². The molecule has 1 N–H and O–H groups in total. The minimum absolute atomic E-state index is 0.0194. The molecule has 0 aliphatic carbocycles. The summed E-state index contributed by atoms with van der Waals surface area (Å²) in [4.78, 5) is 11.9. The van der Waals surface area contributed by atoms with Crippen molar-refractivity contribution in [3.63, 3.8) is 0 Å². The van der Waals surface area contributed by atoms with Crippen LogP contribution in [0.25, 0.3) is 5.69 Å². The number of rotatable bonds is 7. The Labute approximate surface area is 131 Å². The molecule has 112 valence electrons. The number of benzene rings is 1. The van der Waals surface area contributed by atoms with E-state index in [1.165, 1.54) is 0 Å². The molecule has 0 fully saturated rings. The van der Waals surface area contributed by atoms with Crippen LogP contribution < -0.4 is 5.32 Å². The monoisotopic (exact) mass is 353 g/mol. The van der Waals surface area contributed by atoms with Gasteiger partial charge in [-0.05, 0) is 24.3 Å². The first-order chi connectivity index (χ1) is 10.2. The van der Waals surface area contributed by atoms with Gasteiger partial charge >= 0.3 is 0 Å². The minimum atomic E-state index is -0.224. The average molecular weight is 354 g/mol. The number of amides is 1. The number of hydrogen-bond donors (Lipinski definition) is 1. The maximum absolute atomic E-state index is 11.9. The molecule has 2 rings (SSSR count). The van der Waals surface area contributed by atoms with Crippen molar-refractivity contribution in [2.75, 3.05) is 32.2 Å². The largest absolute Gasteiger partial charge is 0.382 e. The van der Waals surface area contributed by atoms with Gasteiger partial charge in [-0.1, -0.05) is 15.9 Å². The Balaban J connectivity index is 2.05. The van der Waals surface area contributed by atoms with Crippen molar-refractivity contribution in [2.45, 2.75) is 0 Å². The lowest BCUT2D eigenvalue weighted by atomic mass is 10.2. The summed E-state index contributed by atoms with van der Waals surface area (Å²) in [5.74, 6) is -0.224. The Morgan fingerprint density at radius 2 is 2.29 bits per heavy atom. The molecule has 0 saturated carbocycles. The molecule has 0 spiro atoms. The zero-order valence-electron chi connectivity index (χ0n) is 11.6. The highest BCUT2D eigenvalue weighted by Gasteiger charge is 2.09. The zero-order chi connectivity index (χ0) is 15.1. The van der Waals surface area contributed by atoms with Gasteiger partial charge in [0.1, 0.15) is 6.61 Å². The summed E-state index contributed by atoms with van der Waals surface area (Å²) in [7, 11) is 1.58. The number of anilines is 1. The molecular formula is C14H16BrN3O3. The third-order valence-electron chi connectivity index (χ3n) is 2.65. The smallest absolute Gasteiger partial charge is 0.250 e. The summed E-state index contributed by atoms with van der Waals surface area (Å²) in [6.07, 6.45) is 3.50. The van der Waals surface area contributed by atoms with E-state index in [-0.39, 0.29) is 12.5 Å². The highest BCUT2D eigenvalue weighted by atomic mass is 79.9. The third kappa shape index (κ3) is 4.66. The topological polar surface area (TPSA) is 65.4 Å². The summed E-state index contributed by atoms with van der Waals surface area (Å²) >= 11 is 3.39. The molecule has 1 aromatic carbocycles.